The zero-order valence-electron chi connectivity index (χ0n) is 11.4. The number of halogens is 2. The Morgan fingerprint density at radius 3 is 2.35 bits per heavy atom. The van der Waals surface area contributed by atoms with Crippen LogP contribution in [0.4, 0.5) is 5.69 Å². The van der Waals surface area contributed by atoms with Gasteiger partial charge in [0.1, 0.15) is 4.90 Å². The van der Waals surface area contributed by atoms with Crippen molar-refractivity contribution in [1.82, 2.24) is 4.31 Å². The van der Waals surface area contributed by atoms with Crippen molar-refractivity contribution in [2.75, 3.05) is 12.3 Å². The van der Waals surface area contributed by atoms with Gasteiger partial charge in [0, 0.05) is 27.2 Å². The Balaban J connectivity index is 2.51. The van der Waals surface area contributed by atoms with Gasteiger partial charge in [0.15, 0.2) is 0 Å². The van der Waals surface area contributed by atoms with Crippen LogP contribution in [-0.4, -0.2) is 25.3 Å². The standard InChI is InChI=1S/C13H18Br2N2O2S/c1-8(2)12-4-3-5-17(12)20(18,19)13-10(14)6-9(16)7-11(13)15/h6-8,12H,3-5,16H2,1-2H3. The predicted molar refractivity (Wildman–Crippen MR) is 88.0 cm³/mol. The summed E-state index contributed by atoms with van der Waals surface area (Å²) in [4.78, 5) is 0.263. The molecule has 1 aliphatic rings. The van der Waals surface area contributed by atoms with Crippen LogP contribution in [0.2, 0.25) is 0 Å². The molecule has 112 valence electrons. The number of nitrogens with two attached hydrogens (primary N) is 1. The molecule has 0 radical (unpaired) electrons. The molecule has 0 aliphatic carbocycles. The highest BCUT2D eigenvalue weighted by Gasteiger charge is 2.38. The SMILES string of the molecule is CC(C)C1CCCN1S(=O)(=O)c1c(Br)cc(N)cc1Br. The number of hydrogen-bond acceptors (Lipinski definition) is 3. The zero-order valence-corrected chi connectivity index (χ0v) is 15.4. The van der Waals surface area contributed by atoms with E-state index >= 15 is 0 Å². The molecule has 1 unspecified atom stereocenters. The van der Waals surface area contributed by atoms with E-state index in [0.29, 0.717) is 27.1 Å². The van der Waals surface area contributed by atoms with E-state index in [4.69, 9.17) is 5.73 Å². The largest absolute Gasteiger partial charge is 0.399 e. The van der Waals surface area contributed by atoms with E-state index in [9.17, 15) is 8.42 Å². The van der Waals surface area contributed by atoms with E-state index < -0.39 is 10.0 Å². The Hall–Kier alpha value is -0.110. The topological polar surface area (TPSA) is 63.4 Å². The van der Waals surface area contributed by atoms with Gasteiger partial charge in [-0.3, -0.25) is 0 Å². The number of nitrogens with zero attached hydrogens (tertiary/aromatic N) is 1. The fourth-order valence-electron chi connectivity index (χ4n) is 2.67. The highest BCUT2D eigenvalue weighted by molar-refractivity contribution is 9.11. The maximum Gasteiger partial charge on any atom is 0.245 e. The lowest BCUT2D eigenvalue weighted by molar-refractivity contribution is 0.315. The molecule has 2 rings (SSSR count). The average molecular weight is 426 g/mol. The molecule has 1 aromatic carbocycles. The monoisotopic (exact) mass is 424 g/mol. The van der Waals surface area contributed by atoms with E-state index in [1.165, 1.54) is 0 Å². The second-order valence-corrected chi connectivity index (χ2v) is 8.92. The molecule has 1 aliphatic heterocycles. The van der Waals surface area contributed by atoms with Gasteiger partial charge in [-0.2, -0.15) is 4.31 Å². The van der Waals surface area contributed by atoms with E-state index in [1.54, 1.807) is 16.4 Å². The first-order valence-corrected chi connectivity index (χ1v) is 9.54. The van der Waals surface area contributed by atoms with Crippen molar-refractivity contribution in [2.45, 2.75) is 37.6 Å². The third-order valence-electron chi connectivity index (χ3n) is 3.61. The number of hydrogen-bond donors (Lipinski definition) is 1. The fraction of sp³-hybridized carbons (Fsp3) is 0.538. The molecule has 1 atom stereocenters. The van der Waals surface area contributed by atoms with Gasteiger partial charge in [-0.05, 0) is 62.8 Å². The maximum absolute atomic E-state index is 12.9. The van der Waals surface area contributed by atoms with Gasteiger partial charge in [0.25, 0.3) is 0 Å². The maximum atomic E-state index is 12.9. The van der Waals surface area contributed by atoms with Gasteiger partial charge in [-0.1, -0.05) is 13.8 Å². The number of benzene rings is 1. The first-order valence-electron chi connectivity index (χ1n) is 6.51. The normalized spacial score (nSPS) is 20.8. The second-order valence-electron chi connectivity index (χ2n) is 5.38. The minimum atomic E-state index is -3.53. The molecule has 20 heavy (non-hydrogen) atoms. The van der Waals surface area contributed by atoms with Gasteiger partial charge in [0.05, 0.1) is 0 Å². The minimum absolute atomic E-state index is 0.0661. The molecule has 1 fully saturated rings. The number of anilines is 1. The van der Waals surface area contributed by atoms with Crippen LogP contribution >= 0.6 is 31.9 Å². The Bertz CT molecular complexity index is 594. The van der Waals surface area contributed by atoms with E-state index in [0.717, 1.165) is 12.8 Å². The van der Waals surface area contributed by atoms with Gasteiger partial charge in [-0.15, -0.1) is 0 Å². The van der Waals surface area contributed by atoms with Crippen molar-refractivity contribution >= 4 is 47.6 Å². The highest BCUT2D eigenvalue weighted by Crippen LogP contribution is 2.38. The van der Waals surface area contributed by atoms with Crippen molar-refractivity contribution < 1.29 is 8.42 Å². The molecule has 0 saturated carbocycles. The molecule has 1 heterocycles. The highest BCUT2D eigenvalue weighted by atomic mass is 79.9. The summed E-state index contributed by atoms with van der Waals surface area (Å²) in [6.45, 7) is 4.70. The average Bonchev–Trinajstić information content (AvgIpc) is 2.75. The Labute approximate surface area is 137 Å². The summed E-state index contributed by atoms with van der Waals surface area (Å²) in [6.07, 6.45) is 1.83. The van der Waals surface area contributed by atoms with Crippen LogP contribution < -0.4 is 5.73 Å². The third kappa shape index (κ3) is 2.91. The van der Waals surface area contributed by atoms with Crippen LogP contribution in [0.3, 0.4) is 0 Å². The smallest absolute Gasteiger partial charge is 0.245 e. The van der Waals surface area contributed by atoms with Crippen LogP contribution in [0, 0.1) is 5.92 Å². The van der Waals surface area contributed by atoms with E-state index in [2.05, 4.69) is 45.7 Å². The molecule has 4 nitrogen and oxygen atoms in total. The lowest BCUT2D eigenvalue weighted by Crippen LogP contribution is -2.38. The van der Waals surface area contributed by atoms with Crippen LogP contribution in [0.5, 0.6) is 0 Å². The summed E-state index contributed by atoms with van der Waals surface area (Å²) in [5, 5.41) is 0. The molecule has 0 aromatic heterocycles. The van der Waals surface area contributed by atoms with Crippen molar-refractivity contribution in [1.29, 1.82) is 0 Å². The summed E-state index contributed by atoms with van der Waals surface area (Å²) in [6, 6.07) is 3.31. The van der Waals surface area contributed by atoms with Crippen molar-refractivity contribution in [2.24, 2.45) is 5.92 Å². The number of sulfonamides is 1. The lowest BCUT2D eigenvalue weighted by atomic mass is 10.0. The molecule has 7 heteroatoms. The molecular formula is C13H18Br2N2O2S. The quantitative estimate of drug-likeness (QED) is 0.752. The van der Waals surface area contributed by atoms with Crippen molar-refractivity contribution in [3.05, 3.63) is 21.1 Å². The van der Waals surface area contributed by atoms with Crippen LogP contribution in [0.15, 0.2) is 26.0 Å². The van der Waals surface area contributed by atoms with Gasteiger partial charge >= 0.3 is 0 Å². The summed E-state index contributed by atoms with van der Waals surface area (Å²) >= 11 is 6.64. The summed E-state index contributed by atoms with van der Waals surface area (Å²) in [5.41, 5.74) is 6.25. The molecule has 0 bridgehead atoms. The molecule has 2 N–H and O–H groups in total. The van der Waals surface area contributed by atoms with Crippen molar-refractivity contribution in [3.8, 4) is 0 Å². The molecule has 0 spiro atoms. The molecule has 1 aromatic rings. The molecule has 0 amide bonds. The van der Waals surface area contributed by atoms with Gasteiger partial charge in [-0.25, -0.2) is 8.42 Å². The minimum Gasteiger partial charge on any atom is -0.399 e. The summed E-state index contributed by atoms with van der Waals surface area (Å²) in [5.74, 6) is 0.304. The van der Waals surface area contributed by atoms with Crippen LogP contribution in [-0.2, 0) is 10.0 Å². The Kier molecular flexibility index (Phi) is 4.83. The fourth-order valence-corrected chi connectivity index (χ4v) is 7.04. The Morgan fingerprint density at radius 1 is 1.30 bits per heavy atom. The van der Waals surface area contributed by atoms with E-state index in [1.807, 2.05) is 0 Å². The van der Waals surface area contributed by atoms with Crippen molar-refractivity contribution in [3.63, 3.8) is 0 Å². The lowest BCUT2D eigenvalue weighted by Gasteiger charge is -2.27. The summed E-state index contributed by atoms with van der Waals surface area (Å²) < 4.78 is 28.5. The Morgan fingerprint density at radius 2 is 1.85 bits per heavy atom. The molecular weight excluding hydrogens is 408 g/mol. The summed E-state index contributed by atoms with van der Waals surface area (Å²) in [7, 11) is -3.53. The second kappa shape index (κ2) is 5.94. The first-order chi connectivity index (χ1) is 9.25. The molecule has 1 saturated heterocycles. The number of rotatable bonds is 3. The van der Waals surface area contributed by atoms with Gasteiger partial charge < -0.3 is 5.73 Å². The number of nitrogen functional groups attached to an aromatic ring is 1. The zero-order chi connectivity index (χ0) is 15.1. The van der Waals surface area contributed by atoms with Gasteiger partial charge in [0.2, 0.25) is 10.0 Å². The van der Waals surface area contributed by atoms with Crippen LogP contribution in [0.25, 0.3) is 0 Å². The van der Waals surface area contributed by atoms with E-state index in [-0.39, 0.29) is 10.9 Å². The first kappa shape index (κ1) is 16.3. The van der Waals surface area contributed by atoms with Crippen LogP contribution in [0.1, 0.15) is 26.7 Å². The third-order valence-corrected chi connectivity index (χ3v) is 7.41. The predicted octanol–water partition coefficient (Wildman–Crippen LogP) is 3.60.